The molecule has 2 aromatic rings. The van der Waals surface area contributed by atoms with Gasteiger partial charge in [-0.25, -0.2) is 0 Å². The van der Waals surface area contributed by atoms with Crippen molar-refractivity contribution >= 4 is 11.8 Å². The molecule has 1 aliphatic heterocycles. The van der Waals surface area contributed by atoms with Crippen LogP contribution >= 0.6 is 0 Å². The van der Waals surface area contributed by atoms with Crippen molar-refractivity contribution in [3.63, 3.8) is 0 Å². The Morgan fingerprint density at radius 2 is 2.11 bits per heavy atom. The second-order valence-corrected chi connectivity index (χ2v) is 7.22. The van der Waals surface area contributed by atoms with Gasteiger partial charge in [0.2, 0.25) is 5.91 Å². The number of aryl methyl sites for hydroxylation is 3. The minimum absolute atomic E-state index is 0.00171. The van der Waals surface area contributed by atoms with Gasteiger partial charge in [0, 0.05) is 58.5 Å². The lowest BCUT2D eigenvalue weighted by Crippen LogP contribution is -2.33. The molecule has 2 atom stereocenters. The molecule has 1 fully saturated rings. The Hall–Kier alpha value is -2.71. The average Bonchev–Trinajstić information content (AvgIpc) is 3.37. The SMILES string of the molecule is CCn1cc(C(=O)N2CC(C)C(CNC(=O)CCc3cn(C)nn3)C2)cn1. The molecule has 0 aliphatic carbocycles. The first-order valence-corrected chi connectivity index (χ1v) is 9.40. The molecular formula is C18H27N7O2. The third-order valence-corrected chi connectivity index (χ3v) is 5.08. The molecule has 0 spiro atoms. The molecule has 9 nitrogen and oxygen atoms in total. The standard InChI is InChI=1S/C18H27N7O2/c1-4-25-11-15(8-20-25)18(27)24-9-13(2)14(10-24)7-19-17(26)6-5-16-12-23(3)22-21-16/h8,11-14H,4-7,9-10H2,1-3H3,(H,19,26). The first-order chi connectivity index (χ1) is 13.0. The number of hydrogen-bond donors (Lipinski definition) is 1. The van der Waals surface area contributed by atoms with Crippen LogP contribution < -0.4 is 5.32 Å². The first-order valence-electron chi connectivity index (χ1n) is 9.40. The monoisotopic (exact) mass is 373 g/mol. The third kappa shape index (κ3) is 4.72. The Morgan fingerprint density at radius 1 is 1.30 bits per heavy atom. The van der Waals surface area contributed by atoms with Crippen LogP contribution in [0.25, 0.3) is 0 Å². The number of aromatic nitrogens is 5. The third-order valence-electron chi connectivity index (χ3n) is 5.08. The van der Waals surface area contributed by atoms with Crippen LogP contribution in [0.1, 0.15) is 36.3 Å². The van der Waals surface area contributed by atoms with E-state index in [1.165, 1.54) is 0 Å². The van der Waals surface area contributed by atoms with Crippen LogP contribution in [0, 0.1) is 11.8 Å². The fourth-order valence-corrected chi connectivity index (χ4v) is 3.38. The molecule has 1 saturated heterocycles. The molecule has 2 aromatic heterocycles. The molecule has 27 heavy (non-hydrogen) atoms. The zero-order chi connectivity index (χ0) is 19.4. The number of nitrogens with zero attached hydrogens (tertiary/aromatic N) is 6. The van der Waals surface area contributed by atoms with Gasteiger partial charge in [-0.1, -0.05) is 12.1 Å². The Balaban J connectivity index is 1.45. The van der Waals surface area contributed by atoms with Crippen LogP contribution in [0.5, 0.6) is 0 Å². The summed E-state index contributed by atoms with van der Waals surface area (Å²) in [7, 11) is 1.80. The second kappa shape index (κ2) is 8.32. The van der Waals surface area contributed by atoms with E-state index in [-0.39, 0.29) is 17.7 Å². The Labute approximate surface area is 158 Å². The molecule has 0 aromatic carbocycles. The van der Waals surface area contributed by atoms with Crippen molar-refractivity contribution in [2.45, 2.75) is 33.2 Å². The number of amides is 2. The van der Waals surface area contributed by atoms with Gasteiger partial charge in [0.05, 0.1) is 17.5 Å². The highest BCUT2D eigenvalue weighted by molar-refractivity contribution is 5.94. The van der Waals surface area contributed by atoms with Crippen molar-refractivity contribution in [2.24, 2.45) is 18.9 Å². The number of carbonyl (C=O) groups is 2. The van der Waals surface area contributed by atoms with Gasteiger partial charge in [-0.3, -0.25) is 19.0 Å². The van der Waals surface area contributed by atoms with E-state index in [0.29, 0.717) is 44.0 Å². The van der Waals surface area contributed by atoms with Crippen molar-refractivity contribution in [1.29, 1.82) is 0 Å². The van der Waals surface area contributed by atoms with Crippen LogP contribution in [0.2, 0.25) is 0 Å². The van der Waals surface area contributed by atoms with Crippen molar-refractivity contribution < 1.29 is 9.59 Å². The number of hydrogen-bond acceptors (Lipinski definition) is 5. The highest BCUT2D eigenvalue weighted by Gasteiger charge is 2.33. The van der Waals surface area contributed by atoms with Gasteiger partial charge in [-0.05, 0) is 18.8 Å². The molecule has 1 N–H and O–H groups in total. The summed E-state index contributed by atoms with van der Waals surface area (Å²) in [6, 6.07) is 0. The van der Waals surface area contributed by atoms with E-state index < -0.39 is 0 Å². The summed E-state index contributed by atoms with van der Waals surface area (Å²) >= 11 is 0. The van der Waals surface area contributed by atoms with E-state index in [1.807, 2.05) is 18.0 Å². The maximum absolute atomic E-state index is 12.6. The Bertz CT molecular complexity index is 797. The normalized spacial score (nSPS) is 19.4. The lowest BCUT2D eigenvalue weighted by atomic mass is 9.98. The molecular weight excluding hydrogens is 346 g/mol. The molecule has 146 valence electrons. The molecule has 3 rings (SSSR count). The first kappa shape index (κ1) is 19.1. The lowest BCUT2D eigenvalue weighted by Gasteiger charge is -2.16. The van der Waals surface area contributed by atoms with E-state index in [2.05, 4.69) is 27.7 Å². The van der Waals surface area contributed by atoms with Gasteiger partial charge in [-0.2, -0.15) is 5.10 Å². The highest BCUT2D eigenvalue weighted by atomic mass is 16.2. The van der Waals surface area contributed by atoms with Crippen molar-refractivity contribution in [3.8, 4) is 0 Å². The predicted molar refractivity (Wildman–Crippen MR) is 98.8 cm³/mol. The van der Waals surface area contributed by atoms with Crippen molar-refractivity contribution in [1.82, 2.24) is 35.0 Å². The van der Waals surface area contributed by atoms with E-state index >= 15 is 0 Å². The topological polar surface area (TPSA) is 97.9 Å². The zero-order valence-electron chi connectivity index (χ0n) is 16.1. The van der Waals surface area contributed by atoms with Crippen LogP contribution in [0.15, 0.2) is 18.6 Å². The predicted octanol–water partition coefficient (Wildman–Crippen LogP) is 0.489. The van der Waals surface area contributed by atoms with E-state index in [4.69, 9.17) is 0 Å². The summed E-state index contributed by atoms with van der Waals surface area (Å²) in [5, 5.41) is 15.0. The van der Waals surface area contributed by atoms with E-state index in [1.54, 1.807) is 28.8 Å². The Kier molecular flexibility index (Phi) is 5.88. The molecule has 0 bridgehead atoms. The maximum Gasteiger partial charge on any atom is 0.257 e. The van der Waals surface area contributed by atoms with Gasteiger partial charge >= 0.3 is 0 Å². The number of nitrogens with one attached hydrogen (secondary N) is 1. The number of likely N-dealkylation sites (tertiary alicyclic amines) is 1. The van der Waals surface area contributed by atoms with Crippen LogP contribution in [-0.4, -0.2) is 61.1 Å². The van der Waals surface area contributed by atoms with Crippen molar-refractivity contribution in [2.75, 3.05) is 19.6 Å². The molecule has 2 unspecified atom stereocenters. The molecule has 3 heterocycles. The van der Waals surface area contributed by atoms with Gasteiger partial charge < -0.3 is 10.2 Å². The van der Waals surface area contributed by atoms with Crippen LogP contribution in [0.4, 0.5) is 0 Å². The number of rotatable bonds is 7. The minimum atomic E-state index is 0.00171. The summed E-state index contributed by atoms with van der Waals surface area (Å²) in [6.45, 7) is 6.80. The zero-order valence-corrected chi connectivity index (χ0v) is 16.1. The number of carbonyl (C=O) groups excluding carboxylic acids is 2. The molecule has 2 amide bonds. The fraction of sp³-hybridized carbons (Fsp3) is 0.611. The molecule has 0 radical (unpaired) electrons. The average molecular weight is 373 g/mol. The van der Waals surface area contributed by atoms with Gasteiger partial charge in [-0.15, -0.1) is 5.10 Å². The molecule has 9 heteroatoms. The second-order valence-electron chi connectivity index (χ2n) is 7.22. The molecule has 0 saturated carbocycles. The van der Waals surface area contributed by atoms with Crippen LogP contribution in [0.3, 0.4) is 0 Å². The van der Waals surface area contributed by atoms with Crippen LogP contribution in [-0.2, 0) is 24.8 Å². The Morgan fingerprint density at radius 3 is 2.78 bits per heavy atom. The lowest BCUT2D eigenvalue weighted by molar-refractivity contribution is -0.121. The maximum atomic E-state index is 12.6. The smallest absolute Gasteiger partial charge is 0.257 e. The fourth-order valence-electron chi connectivity index (χ4n) is 3.38. The largest absolute Gasteiger partial charge is 0.356 e. The minimum Gasteiger partial charge on any atom is -0.356 e. The summed E-state index contributed by atoms with van der Waals surface area (Å²) in [5.41, 5.74) is 1.43. The van der Waals surface area contributed by atoms with E-state index in [0.717, 1.165) is 12.2 Å². The summed E-state index contributed by atoms with van der Waals surface area (Å²) in [6.07, 6.45) is 6.19. The summed E-state index contributed by atoms with van der Waals surface area (Å²) in [5.74, 6) is 0.617. The van der Waals surface area contributed by atoms with Crippen molar-refractivity contribution in [3.05, 3.63) is 29.8 Å². The summed E-state index contributed by atoms with van der Waals surface area (Å²) in [4.78, 5) is 26.6. The van der Waals surface area contributed by atoms with Gasteiger partial charge in [0.1, 0.15) is 0 Å². The summed E-state index contributed by atoms with van der Waals surface area (Å²) < 4.78 is 3.38. The molecule has 1 aliphatic rings. The van der Waals surface area contributed by atoms with E-state index in [9.17, 15) is 9.59 Å². The van der Waals surface area contributed by atoms with Gasteiger partial charge in [0.25, 0.3) is 5.91 Å². The van der Waals surface area contributed by atoms with Gasteiger partial charge in [0.15, 0.2) is 0 Å². The highest BCUT2D eigenvalue weighted by Crippen LogP contribution is 2.24. The quantitative estimate of drug-likeness (QED) is 0.762.